The number of benzene rings is 1. The summed E-state index contributed by atoms with van der Waals surface area (Å²) in [5, 5.41) is 0. The predicted octanol–water partition coefficient (Wildman–Crippen LogP) is 0.477. The maximum atomic E-state index is 13.0. The summed E-state index contributed by atoms with van der Waals surface area (Å²) in [6, 6.07) is 6.35. The molecule has 2 saturated heterocycles. The molecule has 1 amide bonds. The second-order valence-corrected chi connectivity index (χ2v) is 10.6. The number of amides is 1. The van der Waals surface area contributed by atoms with E-state index in [1.54, 1.807) is 31.4 Å². The van der Waals surface area contributed by atoms with Crippen molar-refractivity contribution < 1.29 is 22.8 Å². The Morgan fingerprint density at radius 1 is 1.10 bits per heavy atom. The highest BCUT2D eigenvalue weighted by molar-refractivity contribution is 7.89. The smallest absolute Gasteiger partial charge is 0.280 e. The molecule has 3 rings (SSSR count). The highest BCUT2D eigenvalue weighted by Gasteiger charge is 2.37. The third kappa shape index (κ3) is 4.92. The van der Waals surface area contributed by atoms with Crippen LogP contribution in [0.4, 0.5) is 0 Å². The van der Waals surface area contributed by atoms with Gasteiger partial charge in [-0.05, 0) is 49.4 Å². The van der Waals surface area contributed by atoms with Gasteiger partial charge in [0.2, 0.25) is 10.0 Å². The van der Waals surface area contributed by atoms with Crippen LogP contribution < -0.4 is 9.64 Å². The highest BCUT2D eigenvalue weighted by Crippen LogP contribution is 2.22. The van der Waals surface area contributed by atoms with Crippen LogP contribution in [0.3, 0.4) is 0 Å². The molecule has 0 radical (unpaired) electrons. The molecule has 8 heteroatoms. The minimum absolute atomic E-state index is 0.140. The lowest BCUT2D eigenvalue weighted by molar-refractivity contribution is -0.918. The van der Waals surface area contributed by atoms with Gasteiger partial charge in [-0.1, -0.05) is 13.8 Å². The number of hydrogen-bond donors (Lipinski definition) is 1. The van der Waals surface area contributed by atoms with E-state index in [4.69, 9.17) is 4.74 Å². The van der Waals surface area contributed by atoms with E-state index < -0.39 is 10.0 Å². The number of sulfonamides is 1. The van der Waals surface area contributed by atoms with Crippen LogP contribution in [-0.2, 0) is 14.8 Å². The van der Waals surface area contributed by atoms with E-state index in [9.17, 15) is 13.2 Å². The Labute approximate surface area is 174 Å². The van der Waals surface area contributed by atoms with Gasteiger partial charge in [-0.25, -0.2) is 8.42 Å². The molecule has 0 spiro atoms. The van der Waals surface area contributed by atoms with Crippen LogP contribution in [-0.4, -0.2) is 76.0 Å². The Balaban J connectivity index is 1.59. The summed E-state index contributed by atoms with van der Waals surface area (Å²) < 4.78 is 32.5. The van der Waals surface area contributed by atoms with Gasteiger partial charge in [0.25, 0.3) is 5.91 Å². The molecule has 1 N–H and O–H groups in total. The van der Waals surface area contributed by atoms with Gasteiger partial charge in [-0.15, -0.1) is 0 Å². The summed E-state index contributed by atoms with van der Waals surface area (Å²) in [6.45, 7) is 10.2. The molecule has 1 aromatic carbocycles. The molecule has 0 aliphatic carbocycles. The van der Waals surface area contributed by atoms with Crippen LogP contribution in [0.5, 0.6) is 5.75 Å². The van der Waals surface area contributed by atoms with E-state index in [0.717, 1.165) is 13.1 Å². The molecule has 0 bridgehead atoms. The number of nitrogens with zero attached hydrogens (tertiary/aromatic N) is 2. The van der Waals surface area contributed by atoms with Crippen molar-refractivity contribution in [3.63, 3.8) is 0 Å². The van der Waals surface area contributed by atoms with E-state index in [1.165, 1.54) is 15.6 Å². The number of rotatable bonds is 5. The van der Waals surface area contributed by atoms with Crippen molar-refractivity contribution in [1.82, 2.24) is 9.21 Å². The first kappa shape index (κ1) is 22.1. The highest BCUT2D eigenvalue weighted by atomic mass is 32.2. The molecule has 3 atom stereocenters. The lowest BCUT2D eigenvalue weighted by atomic mass is 9.91. The fourth-order valence-electron chi connectivity index (χ4n) is 4.63. The normalized spacial score (nSPS) is 25.6. The first-order chi connectivity index (χ1) is 13.7. The second-order valence-electron chi connectivity index (χ2n) is 8.65. The molecule has 2 aliphatic heterocycles. The Morgan fingerprint density at radius 2 is 1.66 bits per heavy atom. The fraction of sp³-hybridized carbons (Fsp3) is 0.667. The number of nitrogens with one attached hydrogen (secondary N) is 1. The first-order valence-corrected chi connectivity index (χ1v) is 11.9. The number of hydrogen-bond acceptors (Lipinski definition) is 4. The number of piperidine rings is 1. The van der Waals surface area contributed by atoms with Crippen LogP contribution in [0.2, 0.25) is 0 Å². The summed E-state index contributed by atoms with van der Waals surface area (Å²) in [5.74, 6) is 1.91. The van der Waals surface area contributed by atoms with Gasteiger partial charge in [0, 0.05) is 13.1 Å². The third-order valence-electron chi connectivity index (χ3n) is 6.23. The summed E-state index contributed by atoms with van der Waals surface area (Å²) in [7, 11) is -1.97. The quantitative estimate of drug-likeness (QED) is 0.746. The minimum atomic E-state index is -3.52. The van der Waals surface area contributed by atoms with Crippen LogP contribution in [0.15, 0.2) is 29.2 Å². The SMILES string of the molecule is COc1ccc(S(=O)(=O)N2CC[NH+]([C@H](C)C(=O)N3C[C@H](C)C[C@H](C)C3)CC2)cc1. The lowest BCUT2D eigenvalue weighted by Crippen LogP contribution is -3.19. The van der Waals surface area contributed by atoms with Crippen molar-refractivity contribution in [3.05, 3.63) is 24.3 Å². The molecule has 0 aromatic heterocycles. The van der Waals surface area contributed by atoms with Crippen LogP contribution in [0, 0.1) is 11.8 Å². The van der Waals surface area contributed by atoms with Crippen molar-refractivity contribution in [3.8, 4) is 5.75 Å². The van der Waals surface area contributed by atoms with Crippen LogP contribution in [0.1, 0.15) is 27.2 Å². The van der Waals surface area contributed by atoms with Crippen molar-refractivity contribution in [2.75, 3.05) is 46.4 Å². The van der Waals surface area contributed by atoms with E-state index >= 15 is 0 Å². The largest absolute Gasteiger partial charge is 0.497 e. The molecule has 162 valence electrons. The number of methoxy groups -OCH3 is 1. The van der Waals surface area contributed by atoms with Crippen molar-refractivity contribution in [1.29, 1.82) is 0 Å². The number of carbonyl (C=O) groups is 1. The van der Waals surface area contributed by atoms with Gasteiger partial charge in [0.1, 0.15) is 5.75 Å². The van der Waals surface area contributed by atoms with E-state index in [2.05, 4.69) is 13.8 Å². The first-order valence-electron chi connectivity index (χ1n) is 10.5. The standard InChI is InChI=1S/C21H33N3O4S/c1-16-13-17(2)15-23(14-16)21(25)18(3)22-9-11-24(12-10-22)29(26,27)20-7-5-19(28-4)6-8-20/h5-8,16-18H,9-15H2,1-4H3/p+1/t16-,17+,18-/m1/s1. The number of carbonyl (C=O) groups excluding carboxylic acids is 1. The van der Waals surface area contributed by atoms with Crippen molar-refractivity contribution in [2.45, 2.75) is 38.1 Å². The second kappa shape index (κ2) is 9.02. The molecular weight excluding hydrogens is 390 g/mol. The van der Waals surface area contributed by atoms with Crippen LogP contribution in [0.25, 0.3) is 0 Å². The molecule has 1 aromatic rings. The van der Waals surface area contributed by atoms with Gasteiger partial charge in [-0.3, -0.25) is 4.79 Å². The Bertz CT molecular complexity index is 794. The third-order valence-corrected chi connectivity index (χ3v) is 8.14. The van der Waals surface area contributed by atoms with Gasteiger partial charge in [0.05, 0.1) is 38.2 Å². The topological polar surface area (TPSA) is 71.4 Å². The molecule has 2 heterocycles. The predicted molar refractivity (Wildman–Crippen MR) is 111 cm³/mol. The lowest BCUT2D eigenvalue weighted by Gasteiger charge is -2.39. The summed E-state index contributed by atoms with van der Waals surface area (Å²) in [5.41, 5.74) is 0. The maximum absolute atomic E-state index is 13.0. The zero-order valence-electron chi connectivity index (χ0n) is 17.9. The molecule has 0 unspecified atom stereocenters. The Hall–Kier alpha value is -1.64. The molecule has 2 aliphatic rings. The fourth-order valence-corrected chi connectivity index (χ4v) is 6.08. The minimum Gasteiger partial charge on any atom is -0.497 e. The zero-order valence-corrected chi connectivity index (χ0v) is 18.7. The number of ether oxygens (including phenoxy) is 1. The van der Waals surface area contributed by atoms with E-state index in [-0.39, 0.29) is 16.8 Å². The molecule has 0 saturated carbocycles. The summed E-state index contributed by atoms with van der Waals surface area (Å²) in [6.07, 6.45) is 1.17. The summed E-state index contributed by atoms with van der Waals surface area (Å²) in [4.78, 5) is 16.5. The molecule has 29 heavy (non-hydrogen) atoms. The Morgan fingerprint density at radius 3 is 2.17 bits per heavy atom. The molecule has 7 nitrogen and oxygen atoms in total. The van der Waals surface area contributed by atoms with Crippen molar-refractivity contribution in [2.24, 2.45) is 11.8 Å². The van der Waals surface area contributed by atoms with Crippen molar-refractivity contribution >= 4 is 15.9 Å². The average molecular weight is 425 g/mol. The van der Waals surface area contributed by atoms with Gasteiger partial charge >= 0.3 is 0 Å². The van der Waals surface area contributed by atoms with Crippen LogP contribution >= 0.6 is 0 Å². The number of likely N-dealkylation sites (tertiary alicyclic amines) is 1. The zero-order chi connectivity index (χ0) is 21.2. The molecule has 2 fully saturated rings. The van der Waals surface area contributed by atoms with Gasteiger partial charge in [-0.2, -0.15) is 4.31 Å². The summed E-state index contributed by atoms with van der Waals surface area (Å²) >= 11 is 0. The van der Waals surface area contributed by atoms with E-state index in [1.807, 2.05) is 11.8 Å². The number of piperazine rings is 1. The van der Waals surface area contributed by atoms with Gasteiger partial charge < -0.3 is 14.5 Å². The van der Waals surface area contributed by atoms with E-state index in [0.29, 0.717) is 43.8 Å². The average Bonchev–Trinajstić information content (AvgIpc) is 2.72. The monoisotopic (exact) mass is 424 g/mol. The molecular formula is C21H34N3O4S+. The van der Waals surface area contributed by atoms with Gasteiger partial charge in [0.15, 0.2) is 6.04 Å². The Kier molecular flexibility index (Phi) is 6.86. The number of quaternary nitrogens is 1. The maximum Gasteiger partial charge on any atom is 0.280 e.